The third kappa shape index (κ3) is 2.43. The molecule has 0 bridgehead atoms. The van der Waals surface area contributed by atoms with E-state index in [9.17, 15) is 0 Å². The molecule has 1 atom stereocenters. The van der Waals surface area contributed by atoms with Gasteiger partial charge in [-0.25, -0.2) is 9.97 Å². The van der Waals surface area contributed by atoms with E-state index in [4.69, 9.17) is 4.52 Å². The van der Waals surface area contributed by atoms with E-state index in [1.54, 1.807) is 6.33 Å². The van der Waals surface area contributed by atoms with E-state index in [1.807, 2.05) is 26.8 Å². The maximum absolute atomic E-state index is 5.16. The predicted molar refractivity (Wildman–Crippen MR) is 64.8 cm³/mol. The minimum Gasteiger partial charge on any atom is -0.363 e. The lowest BCUT2D eigenvalue weighted by molar-refractivity contribution is 0.392. The monoisotopic (exact) mass is 232 g/mol. The van der Waals surface area contributed by atoms with Crippen molar-refractivity contribution in [1.29, 1.82) is 0 Å². The summed E-state index contributed by atoms with van der Waals surface area (Å²) in [4.78, 5) is 8.24. The van der Waals surface area contributed by atoms with Crippen molar-refractivity contribution in [1.82, 2.24) is 15.1 Å². The topological polar surface area (TPSA) is 63.8 Å². The third-order valence-electron chi connectivity index (χ3n) is 2.69. The Labute approximate surface area is 100 Å². The van der Waals surface area contributed by atoms with Gasteiger partial charge in [-0.1, -0.05) is 5.16 Å². The van der Waals surface area contributed by atoms with Crippen LogP contribution in [0.1, 0.15) is 35.7 Å². The smallest absolute Gasteiger partial charge is 0.139 e. The van der Waals surface area contributed by atoms with Gasteiger partial charge in [0, 0.05) is 17.3 Å². The lowest BCUT2D eigenvalue weighted by Gasteiger charge is -2.14. The molecule has 2 aromatic rings. The summed E-state index contributed by atoms with van der Waals surface area (Å²) in [6, 6.07) is 2.02. The van der Waals surface area contributed by atoms with Crippen molar-refractivity contribution < 1.29 is 4.52 Å². The second-order valence-electron chi connectivity index (χ2n) is 4.15. The fourth-order valence-electron chi connectivity index (χ4n) is 1.94. The molecule has 0 aliphatic heterocycles. The number of rotatable bonds is 3. The van der Waals surface area contributed by atoms with Crippen LogP contribution in [0.25, 0.3) is 0 Å². The lowest BCUT2D eigenvalue weighted by Crippen LogP contribution is -2.09. The molecule has 0 radical (unpaired) electrons. The maximum atomic E-state index is 5.16. The Morgan fingerprint density at radius 2 is 2.00 bits per heavy atom. The van der Waals surface area contributed by atoms with Crippen LogP contribution in [0.2, 0.25) is 0 Å². The van der Waals surface area contributed by atoms with Crippen molar-refractivity contribution in [3.8, 4) is 0 Å². The van der Waals surface area contributed by atoms with Gasteiger partial charge in [-0.15, -0.1) is 0 Å². The summed E-state index contributed by atoms with van der Waals surface area (Å²) < 4.78 is 5.16. The van der Waals surface area contributed by atoms with Crippen molar-refractivity contribution in [2.45, 2.75) is 33.7 Å². The highest BCUT2D eigenvalue weighted by Gasteiger charge is 2.16. The summed E-state index contributed by atoms with van der Waals surface area (Å²) in [6.07, 6.45) is 1.55. The van der Waals surface area contributed by atoms with Gasteiger partial charge in [0.15, 0.2) is 0 Å². The number of aryl methyl sites for hydroxylation is 3. The van der Waals surface area contributed by atoms with E-state index in [2.05, 4.69) is 27.4 Å². The maximum Gasteiger partial charge on any atom is 0.139 e. The largest absolute Gasteiger partial charge is 0.363 e. The van der Waals surface area contributed by atoms with Crippen LogP contribution in [0.3, 0.4) is 0 Å². The number of hydrogen-bond donors (Lipinski definition) is 1. The summed E-state index contributed by atoms with van der Waals surface area (Å²) in [5.41, 5.74) is 2.93. The molecule has 2 rings (SSSR count). The molecule has 1 unspecified atom stereocenters. The summed E-state index contributed by atoms with van der Waals surface area (Å²) in [7, 11) is 0. The van der Waals surface area contributed by atoms with Crippen LogP contribution >= 0.6 is 0 Å². The standard InChI is InChI=1S/C12H16N4O/c1-7-5-11(14-6-13-7)15-8(2)12-9(3)16-17-10(12)4/h5-6,8H,1-4H3,(H,13,14,15). The van der Waals surface area contributed by atoms with Crippen molar-refractivity contribution in [2.24, 2.45) is 0 Å². The molecule has 0 saturated carbocycles. The highest BCUT2D eigenvalue weighted by Crippen LogP contribution is 2.23. The van der Waals surface area contributed by atoms with Gasteiger partial charge in [-0.2, -0.15) is 0 Å². The van der Waals surface area contributed by atoms with Crippen LogP contribution in [0.15, 0.2) is 16.9 Å². The first-order chi connectivity index (χ1) is 8.08. The number of anilines is 1. The zero-order valence-corrected chi connectivity index (χ0v) is 10.5. The van der Waals surface area contributed by atoms with E-state index in [1.165, 1.54) is 0 Å². The van der Waals surface area contributed by atoms with Crippen molar-refractivity contribution in [3.63, 3.8) is 0 Å². The first-order valence-corrected chi connectivity index (χ1v) is 5.56. The first kappa shape index (κ1) is 11.6. The number of nitrogens with zero attached hydrogens (tertiary/aromatic N) is 3. The van der Waals surface area contributed by atoms with Gasteiger partial charge >= 0.3 is 0 Å². The van der Waals surface area contributed by atoms with Gasteiger partial charge in [-0.3, -0.25) is 0 Å². The van der Waals surface area contributed by atoms with E-state index in [0.29, 0.717) is 0 Å². The molecule has 0 amide bonds. The van der Waals surface area contributed by atoms with E-state index in [-0.39, 0.29) is 6.04 Å². The van der Waals surface area contributed by atoms with Crippen LogP contribution in [-0.4, -0.2) is 15.1 Å². The van der Waals surface area contributed by atoms with Crippen LogP contribution in [0, 0.1) is 20.8 Å². The molecule has 5 heteroatoms. The molecular formula is C12H16N4O. The Morgan fingerprint density at radius 1 is 1.24 bits per heavy atom. The Kier molecular flexibility index (Phi) is 3.08. The highest BCUT2D eigenvalue weighted by molar-refractivity contribution is 5.39. The zero-order valence-electron chi connectivity index (χ0n) is 10.5. The van der Waals surface area contributed by atoms with Gasteiger partial charge in [0.2, 0.25) is 0 Å². The number of hydrogen-bond acceptors (Lipinski definition) is 5. The fourth-order valence-corrected chi connectivity index (χ4v) is 1.94. The molecule has 17 heavy (non-hydrogen) atoms. The Bertz CT molecular complexity index is 501. The lowest BCUT2D eigenvalue weighted by atomic mass is 10.1. The van der Waals surface area contributed by atoms with Crippen LogP contribution in [-0.2, 0) is 0 Å². The summed E-state index contributed by atoms with van der Waals surface area (Å²) in [6.45, 7) is 7.85. The van der Waals surface area contributed by atoms with Crippen molar-refractivity contribution in [2.75, 3.05) is 5.32 Å². The van der Waals surface area contributed by atoms with Crippen LogP contribution in [0.4, 0.5) is 5.82 Å². The Balaban J connectivity index is 2.20. The van der Waals surface area contributed by atoms with E-state index in [0.717, 1.165) is 28.5 Å². The molecule has 2 heterocycles. The fraction of sp³-hybridized carbons (Fsp3) is 0.417. The SMILES string of the molecule is Cc1cc(NC(C)c2c(C)noc2C)ncn1. The highest BCUT2D eigenvalue weighted by atomic mass is 16.5. The predicted octanol–water partition coefficient (Wildman–Crippen LogP) is 2.56. The minimum absolute atomic E-state index is 0.107. The van der Waals surface area contributed by atoms with Gasteiger partial charge in [-0.05, 0) is 27.7 Å². The molecule has 0 aliphatic rings. The summed E-state index contributed by atoms with van der Waals surface area (Å²) in [5.74, 6) is 1.65. The molecule has 5 nitrogen and oxygen atoms in total. The zero-order chi connectivity index (χ0) is 12.4. The molecule has 90 valence electrons. The quantitative estimate of drug-likeness (QED) is 0.881. The van der Waals surface area contributed by atoms with Gasteiger partial charge < -0.3 is 9.84 Å². The Hall–Kier alpha value is -1.91. The Morgan fingerprint density at radius 3 is 2.59 bits per heavy atom. The third-order valence-corrected chi connectivity index (χ3v) is 2.69. The molecule has 0 fully saturated rings. The van der Waals surface area contributed by atoms with Crippen LogP contribution in [0.5, 0.6) is 0 Å². The average Bonchev–Trinajstić information content (AvgIpc) is 2.58. The molecule has 1 N–H and O–H groups in total. The van der Waals surface area contributed by atoms with Crippen LogP contribution < -0.4 is 5.32 Å². The molecule has 0 saturated heterocycles. The normalized spacial score (nSPS) is 12.5. The van der Waals surface area contributed by atoms with Crippen molar-refractivity contribution in [3.05, 3.63) is 35.1 Å². The summed E-state index contributed by atoms with van der Waals surface area (Å²) in [5, 5.41) is 7.26. The second kappa shape index (κ2) is 4.53. The molecule has 0 aliphatic carbocycles. The first-order valence-electron chi connectivity index (χ1n) is 5.56. The summed E-state index contributed by atoms with van der Waals surface area (Å²) >= 11 is 0. The van der Waals surface area contributed by atoms with E-state index < -0.39 is 0 Å². The number of aromatic nitrogens is 3. The van der Waals surface area contributed by atoms with Crippen molar-refractivity contribution >= 4 is 5.82 Å². The average molecular weight is 232 g/mol. The molecule has 0 spiro atoms. The van der Waals surface area contributed by atoms with Gasteiger partial charge in [0.1, 0.15) is 17.9 Å². The molecule has 0 aromatic carbocycles. The number of nitrogens with one attached hydrogen (secondary N) is 1. The minimum atomic E-state index is 0.107. The molecule has 2 aromatic heterocycles. The van der Waals surface area contributed by atoms with E-state index >= 15 is 0 Å². The second-order valence-corrected chi connectivity index (χ2v) is 4.15. The van der Waals surface area contributed by atoms with Gasteiger partial charge in [0.05, 0.1) is 11.7 Å². The van der Waals surface area contributed by atoms with Gasteiger partial charge in [0.25, 0.3) is 0 Å². The molecular weight excluding hydrogens is 216 g/mol.